The lowest BCUT2D eigenvalue weighted by atomic mass is 10.1. The Morgan fingerprint density at radius 1 is 1.16 bits per heavy atom. The molecule has 1 aromatic heterocycles. The smallest absolute Gasteiger partial charge is 0.226 e. The Morgan fingerprint density at radius 3 is 2.56 bits per heavy atom. The fourth-order valence-corrected chi connectivity index (χ4v) is 3.09. The van der Waals surface area contributed by atoms with Crippen LogP contribution in [-0.4, -0.2) is 53.6 Å². The Bertz CT molecular complexity index is 705. The highest BCUT2D eigenvalue weighted by atomic mass is 16.5. The highest BCUT2D eigenvalue weighted by Crippen LogP contribution is 2.13. The molecule has 1 aromatic carbocycles. The number of benzene rings is 1. The van der Waals surface area contributed by atoms with E-state index < -0.39 is 0 Å². The van der Waals surface area contributed by atoms with Gasteiger partial charge >= 0.3 is 0 Å². The molecule has 0 aliphatic carbocycles. The van der Waals surface area contributed by atoms with E-state index in [1.165, 1.54) is 11.1 Å². The lowest BCUT2D eigenvalue weighted by molar-refractivity contribution is -0.116. The monoisotopic (exact) mass is 342 g/mol. The van der Waals surface area contributed by atoms with Crippen molar-refractivity contribution < 1.29 is 9.32 Å². The van der Waals surface area contributed by atoms with E-state index >= 15 is 0 Å². The molecule has 6 heteroatoms. The fourth-order valence-electron chi connectivity index (χ4n) is 3.09. The summed E-state index contributed by atoms with van der Waals surface area (Å²) >= 11 is 0. The van der Waals surface area contributed by atoms with Gasteiger partial charge in [-0.3, -0.25) is 9.69 Å². The van der Waals surface area contributed by atoms with Crippen LogP contribution in [0.3, 0.4) is 0 Å². The molecule has 1 amide bonds. The number of nitrogens with one attached hydrogen (secondary N) is 1. The second-order valence-corrected chi connectivity index (χ2v) is 6.67. The molecule has 134 valence electrons. The molecular weight excluding hydrogens is 316 g/mol. The molecule has 0 unspecified atom stereocenters. The van der Waals surface area contributed by atoms with Gasteiger partial charge < -0.3 is 14.7 Å². The molecule has 6 nitrogen and oxygen atoms in total. The number of piperazine rings is 1. The normalized spacial score (nSPS) is 16.1. The van der Waals surface area contributed by atoms with Gasteiger partial charge in [0.15, 0.2) is 5.82 Å². The molecule has 1 aliphatic heterocycles. The van der Waals surface area contributed by atoms with Gasteiger partial charge in [-0.25, -0.2) is 0 Å². The van der Waals surface area contributed by atoms with E-state index in [1.807, 2.05) is 0 Å². The van der Waals surface area contributed by atoms with Crippen molar-refractivity contribution in [2.24, 2.45) is 0 Å². The number of carbonyl (C=O) groups excluding carboxylic acids is 1. The Balaban J connectivity index is 1.37. The first-order chi connectivity index (χ1) is 12.1. The number of aryl methyl sites for hydroxylation is 2. The molecule has 1 aliphatic rings. The molecule has 1 saturated heterocycles. The van der Waals surface area contributed by atoms with Crippen molar-refractivity contribution in [3.05, 3.63) is 47.2 Å². The van der Waals surface area contributed by atoms with Crippen LogP contribution in [0.5, 0.6) is 0 Å². The number of nitrogens with zero attached hydrogens (tertiary/aromatic N) is 3. The van der Waals surface area contributed by atoms with Crippen LogP contribution >= 0.6 is 0 Å². The molecule has 3 rings (SSSR count). The van der Waals surface area contributed by atoms with Crippen LogP contribution < -0.4 is 5.32 Å². The SMILES string of the molecule is Cc1cc(NC(=O)CCN2CCN(Cc3ccccc3C)CC2)no1. The van der Waals surface area contributed by atoms with Crippen molar-refractivity contribution in [2.75, 3.05) is 38.0 Å². The minimum Gasteiger partial charge on any atom is -0.360 e. The van der Waals surface area contributed by atoms with Crippen LogP contribution in [0.1, 0.15) is 23.3 Å². The third kappa shape index (κ3) is 5.14. The second kappa shape index (κ2) is 8.27. The minimum absolute atomic E-state index is 0.0179. The molecule has 0 radical (unpaired) electrons. The predicted molar refractivity (Wildman–Crippen MR) is 97.4 cm³/mol. The van der Waals surface area contributed by atoms with Crippen molar-refractivity contribution >= 4 is 11.7 Å². The number of hydrogen-bond donors (Lipinski definition) is 1. The van der Waals surface area contributed by atoms with E-state index in [4.69, 9.17) is 4.52 Å². The summed E-state index contributed by atoms with van der Waals surface area (Å²) < 4.78 is 4.95. The summed E-state index contributed by atoms with van der Waals surface area (Å²) in [7, 11) is 0. The van der Waals surface area contributed by atoms with Crippen LogP contribution in [0.2, 0.25) is 0 Å². The van der Waals surface area contributed by atoms with Gasteiger partial charge in [-0.2, -0.15) is 0 Å². The molecule has 0 bridgehead atoms. The third-order valence-corrected chi connectivity index (χ3v) is 4.67. The number of rotatable bonds is 6. The summed E-state index contributed by atoms with van der Waals surface area (Å²) in [6.45, 7) is 9.84. The first-order valence-electron chi connectivity index (χ1n) is 8.82. The average molecular weight is 342 g/mol. The first kappa shape index (κ1) is 17.6. The van der Waals surface area contributed by atoms with Gasteiger partial charge in [-0.05, 0) is 25.0 Å². The number of amides is 1. The first-order valence-corrected chi connectivity index (χ1v) is 8.82. The predicted octanol–water partition coefficient (Wildman–Crippen LogP) is 2.44. The van der Waals surface area contributed by atoms with Crippen molar-refractivity contribution in [3.63, 3.8) is 0 Å². The molecule has 0 atom stereocenters. The lowest BCUT2D eigenvalue weighted by Crippen LogP contribution is -2.46. The molecule has 1 fully saturated rings. The lowest BCUT2D eigenvalue weighted by Gasteiger charge is -2.34. The molecule has 0 spiro atoms. The topological polar surface area (TPSA) is 61.6 Å². The Labute approximate surface area is 148 Å². The van der Waals surface area contributed by atoms with E-state index in [-0.39, 0.29) is 5.91 Å². The van der Waals surface area contributed by atoms with Gasteiger partial charge in [0.05, 0.1) is 0 Å². The van der Waals surface area contributed by atoms with Gasteiger partial charge in [-0.15, -0.1) is 0 Å². The maximum absolute atomic E-state index is 12.0. The number of aromatic nitrogens is 1. The van der Waals surface area contributed by atoms with Crippen molar-refractivity contribution in [2.45, 2.75) is 26.8 Å². The molecule has 2 aromatic rings. The zero-order valence-electron chi connectivity index (χ0n) is 15.0. The molecule has 1 N–H and O–H groups in total. The molecular formula is C19H26N4O2. The van der Waals surface area contributed by atoms with Gasteiger partial charge in [0.25, 0.3) is 0 Å². The second-order valence-electron chi connectivity index (χ2n) is 6.67. The largest absolute Gasteiger partial charge is 0.360 e. The Hall–Kier alpha value is -2.18. The minimum atomic E-state index is -0.0179. The summed E-state index contributed by atoms with van der Waals surface area (Å²) in [4.78, 5) is 16.8. The van der Waals surface area contributed by atoms with Gasteiger partial charge in [0, 0.05) is 51.8 Å². The van der Waals surface area contributed by atoms with Crippen LogP contribution in [0.25, 0.3) is 0 Å². The Morgan fingerprint density at radius 2 is 1.88 bits per heavy atom. The molecule has 2 heterocycles. The van der Waals surface area contributed by atoms with Crippen molar-refractivity contribution in [1.29, 1.82) is 0 Å². The van der Waals surface area contributed by atoms with E-state index in [9.17, 15) is 4.79 Å². The van der Waals surface area contributed by atoms with Crippen LogP contribution in [0.15, 0.2) is 34.9 Å². The van der Waals surface area contributed by atoms with Crippen molar-refractivity contribution in [3.8, 4) is 0 Å². The van der Waals surface area contributed by atoms with Gasteiger partial charge in [-0.1, -0.05) is 29.4 Å². The zero-order valence-corrected chi connectivity index (χ0v) is 15.0. The van der Waals surface area contributed by atoms with Crippen LogP contribution in [0.4, 0.5) is 5.82 Å². The molecule has 25 heavy (non-hydrogen) atoms. The fraction of sp³-hybridized carbons (Fsp3) is 0.474. The molecule has 0 saturated carbocycles. The number of anilines is 1. The number of carbonyl (C=O) groups is 1. The zero-order chi connectivity index (χ0) is 17.6. The summed E-state index contributed by atoms with van der Waals surface area (Å²) in [6.07, 6.45) is 0.476. The standard InChI is InChI=1S/C19H26N4O2/c1-15-5-3-4-6-17(15)14-23-11-9-22(10-12-23)8-7-19(24)20-18-13-16(2)25-21-18/h3-6,13H,7-12,14H2,1-2H3,(H,20,21,24). The van der Waals surface area contributed by atoms with Gasteiger partial charge in [0.2, 0.25) is 5.91 Å². The maximum atomic E-state index is 12.0. The third-order valence-electron chi connectivity index (χ3n) is 4.67. The van der Waals surface area contributed by atoms with E-state index in [0.717, 1.165) is 39.3 Å². The highest BCUT2D eigenvalue weighted by molar-refractivity contribution is 5.89. The average Bonchev–Trinajstić information content (AvgIpc) is 3.01. The quantitative estimate of drug-likeness (QED) is 0.874. The summed E-state index contributed by atoms with van der Waals surface area (Å²) in [5.41, 5.74) is 2.75. The van der Waals surface area contributed by atoms with E-state index in [0.29, 0.717) is 18.0 Å². The summed E-state index contributed by atoms with van der Waals surface area (Å²) in [5, 5.41) is 6.55. The summed E-state index contributed by atoms with van der Waals surface area (Å²) in [5.74, 6) is 1.17. The van der Waals surface area contributed by atoms with Crippen molar-refractivity contribution in [1.82, 2.24) is 15.0 Å². The van der Waals surface area contributed by atoms with Gasteiger partial charge in [0.1, 0.15) is 5.76 Å². The van der Waals surface area contributed by atoms with Crippen LogP contribution in [0, 0.1) is 13.8 Å². The van der Waals surface area contributed by atoms with E-state index in [2.05, 4.69) is 51.5 Å². The number of hydrogen-bond acceptors (Lipinski definition) is 5. The van der Waals surface area contributed by atoms with Crippen LogP contribution in [-0.2, 0) is 11.3 Å². The highest BCUT2D eigenvalue weighted by Gasteiger charge is 2.18. The maximum Gasteiger partial charge on any atom is 0.226 e. The van der Waals surface area contributed by atoms with E-state index in [1.54, 1.807) is 13.0 Å². The Kier molecular flexibility index (Phi) is 5.83. The summed E-state index contributed by atoms with van der Waals surface area (Å²) in [6, 6.07) is 10.3.